The van der Waals surface area contributed by atoms with Gasteiger partial charge < -0.3 is 5.11 Å². The molecule has 0 fully saturated rings. The zero-order valence-corrected chi connectivity index (χ0v) is 41.3. The van der Waals surface area contributed by atoms with Gasteiger partial charge in [0.15, 0.2) is 0 Å². The predicted octanol–water partition coefficient (Wildman–Crippen LogP) is 16.0. The van der Waals surface area contributed by atoms with E-state index >= 15 is 0 Å². The summed E-state index contributed by atoms with van der Waals surface area (Å²) in [5.74, 6) is 0.553. The summed E-state index contributed by atoms with van der Waals surface area (Å²) in [6, 6.07) is 56.8. The van der Waals surface area contributed by atoms with Crippen LogP contribution in [0.25, 0.3) is 83.9 Å². The molecule has 0 spiro atoms. The fourth-order valence-corrected chi connectivity index (χ4v) is 8.65. The maximum atomic E-state index is 14.4. The molecule has 9 aromatic rings. The van der Waals surface area contributed by atoms with Crippen LogP contribution in [0.5, 0.6) is 5.75 Å². The molecule has 0 amide bonds. The van der Waals surface area contributed by atoms with Gasteiger partial charge in [-0.3, -0.25) is 9.55 Å². The van der Waals surface area contributed by atoms with Crippen molar-refractivity contribution in [3.8, 4) is 78.6 Å². The molecule has 7 aromatic carbocycles. The Balaban J connectivity index is 0.00000592. The predicted molar refractivity (Wildman–Crippen MR) is 268 cm³/mol. The van der Waals surface area contributed by atoms with Crippen LogP contribution in [0.1, 0.15) is 79.0 Å². The van der Waals surface area contributed by atoms with Crippen molar-refractivity contribution in [2.75, 3.05) is 0 Å². The first-order valence-corrected chi connectivity index (χ1v) is 22.4. The average Bonchev–Trinajstić information content (AvgIpc) is 3.68. The van der Waals surface area contributed by atoms with Crippen molar-refractivity contribution in [1.82, 2.24) is 14.5 Å². The zero-order chi connectivity index (χ0) is 45.8. The molecule has 0 aliphatic rings. The van der Waals surface area contributed by atoms with Crippen LogP contribution in [-0.2, 0) is 37.3 Å². The number of imidazole rings is 1. The molecule has 0 unspecified atom stereocenters. The van der Waals surface area contributed by atoms with Crippen molar-refractivity contribution in [3.63, 3.8) is 0 Å². The van der Waals surface area contributed by atoms with Crippen molar-refractivity contribution >= 4 is 11.0 Å². The number of aromatic nitrogens is 3. The maximum Gasteiger partial charge on any atom is 0.148 e. The van der Waals surface area contributed by atoms with Gasteiger partial charge in [0.05, 0.1) is 22.3 Å². The van der Waals surface area contributed by atoms with E-state index in [1.54, 1.807) is 0 Å². The topological polar surface area (TPSA) is 50.9 Å². The van der Waals surface area contributed by atoms with Crippen molar-refractivity contribution < 1.29 is 30.6 Å². The SMILES string of the molecule is CC(C)(C)c1ccc(-n2c(-c3cc(C(C)(C)C)cc(C(C)(C)C)c3O)nc3c(-c4[c-]c(-c5cc(-c6ccccc6)ccn5)cc(-c5ccc(F)cc5)c4)cccc32)c(-c2ccccc2)c1.[Pt]. The molecule has 1 N–H and O–H groups in total. The summed E-state index contributed by atoms with van der Waals surface area (Å²) in [5, 5.41) is 12.5. The summed E-state index contributed by atoms with van der Waals surface area (Å²) in [5.41, 5.74) is 15.0. The van der Waals surface area contributed by atoms with Gasteiger partial charge in [-0.05, 0) is 92.1 Å². The first kappa shape index (κ1) is 46.1. The number of hydrogen-bond donors (Lipinski definition) is 1. The Bertz CT molecular complexity index is 3210. The zero-order valence-electron chi connectivity index (χ0n) is 39.1. The number of phenols is 1. The van der Waals surface area contributed by atoms with Crippen molar-refractivity contribution in [2.45, 2.75) is 78.6 Å². The van der Waals surface area contributed by atoms with Crippen molar-refractivity contribution in [1.29, 1.82) is 0 Å². The summed E-state index contributed by atoms with van der Waals surface area (Å²) in [6.07, 6.45) is 1.84. The van der Waals surface area contributed by atoms with Crippen LogP contribution in [0.2, 0.25) is 0 Å². The number of hydrogen-bond acceptors (Lipinski definition) is 3. The van der Waals surface area contributed by atoms with Crippen LogP contribution in [0, 0.1) is 11.9 Å². The van der Waals surface area contributed by atoms with Gasteiger partial charge in [0.25, 0.3) is 0 Å². The van der Waals surface area contributed by atoms with Gasteiger partial charge in [-0.1, -0.05) is 182 Å². The van der Waals surface area contributed by atoms with Crippen molar-refractivity contribution in [3.05, 3.63) is 192 Å². The molecule has 6 heteroatoms. The number of nitrogens with zero attached hydrogens (tertiary/aromatic N) is 3. The number of pyridine rings is 1. The van der Waals surface area contributed by atoms with Gasteiger partial charge >= 0.3 is 0 Å². The monoisotopic (exact) mass is 1050 g/mol. The average molecular weight is 1050 g/mol. The Labute approximate surface area is 403 Å². The Kier molecular flexibility index (Phi) is 12.4. The molecule has 2 heterocycles. The van der Waals surface area contributed by atoms with E-state index in [9.17, 15) is 9.50 Å². The molecule has 334 valence electrons. The van der Waals surface area contributed by atoms with Crippen molar-refractivity contribution in [2.24, 2.45) is 0 Å². The standard InChI is InChI=1S/C60H55FN3O.Pt/c1-58(2,3)45-25-28-53(49(35-45)40-19-14-11-15-20-40)64-54-22-16-21-48(55(54)63-57(64)50-36-46(59(4,5)6)37-51(56(50)65)60(7,8)9)43-31-42(39-23-26-47(61)27-24-39)32-44(33-43)52-34-41(29-30-62-52)38-17-12-10-13-18-38;/h10-32,34-37,65H,1-9H3;/q-1;. The fraction of sp³-hybridized carbons (Fsp3) is 0.200. The third-order valence-electron chi connectivity index (χ3n) is 12.4. The Morgan fingerprint density at radius 3 is 1.79 bits per heavy atom. The van der Waals surface area contributed by atoms with E-state index in [1.807, 2.05) is 48.7 Å². The molecule has 4 nitrogen and oxygen atoms in total. The van der Waals surface area contributed by atoms with Gasteiger partial charge in [-0.15, -0.1) is 23.8 Å². The Hall–Kier alpha value is -6.42. The second-order valence-electron chi connectivity index (χ2n) is 20.2. The molecule has 0 bridgehead atoms. The third-order valence-corrected chi connectivity index (χ3v) is 12.4. The minimum absolute atomic E-state index is 0. The number of aromatic hydroxyl groups is 1. The number of phenolic OH excluding ortho intramolecular Hbond substituents is 1. The van der Waals surface area contributed by atoms with Gasteiger partial charge in [-0.25, -0.2) is 9.37 Å². The van der Waals surface area contributed by atoms with Crippen LogP contribution >= 0.6 is 0 Å². The van der Waals surface area contributed by atoms with Crippen LogP contribution in [0.15, 0.2) is 164 Å². The number of para-hydroxylation sites is 1. The minimum atomic E-state index is -0.357. The molecular weight excluding hydrogens is 993 g/mol. The van der Waals surface area contributed by atoms with E-state index in [-0.39, 0.29) is 48.9 Å². The second kappa shape index (κ2) is 17.8. The largest absolute Gasteiger partial charge is 0.507 e. The first-order valence-electron chi connectivity index (χ1n) is 22.4. The number of halogens is 1. The van der Waals surface area contributed by atoms with E-state index in [1.165, 1.54) is 17.7 Å². The molecule has 0 aliphatic heterocycles. The fourth-order valence-electron chi connectivity index (χ4n) is 8.65. The van der Waals surface area contributed by atoms with Crippen LogP contribution in [0.4, 0.5) is 4.39 Å². The molecule has 9 rings (SSSR count). The molecule has 2 aromatic heterocycles. The maximum absolute atomic E-state index is 14.4. The summed E-state index contributed by atoms with van der Waals surface area (Å²) >= 11 is 0. The van der Waals surface area contributed by atoms with E-state index in [0.717, 1.165) is 83.6 Å². The van der Waals surface area contributed by atoms with Crippen LogP contribution in [-0.4, -0.2) is 19.6 Å². The normalized spacial score (nSPS) is 12.0. The summed E-state index contributed by atoms with van der Waals surface area (Å²) < 4.78 is 16.6. The number of benzene rings is 7. The van der Waals surface area contributed by atoms with E-state index in [0.29, 0.717) is 11.4 Å². The molecule has 0 saturated heterocycles. The third kappa shape index (κ3) is 9.07. The molecule has 0 saturated carbocycles. The number of rotatable bonds is 7. The molecule has 0 atom stereocenters. The first-order chi connectivity index (χ1) is 30.9. The van der Waals surface area contributed by atoms with Gasteiger partial charge in [0.1, 0.15) is 17.4 Å². The van der Waals surface area contributed by atoms with Gasteiger partial charge in [0.2, 0.25) is 0 Å². The molecule has 66 heavy (non-hydrogen) atoms. The van der Waals surface area contributed by atoms with Gasteiger partial charge in [-0.2, -0.15) is 0 Å². The minimum Gasteiger partial charge on any atom is -0.507 e. The Morgan fingerprint density at radius 2 is 1.14 bits per heavy atom. The summed E-state index contributed by atoms with van der Waals surface area (Å²) in [4.78, 5) is 10.5. The Morgan fingerprint density at radius 1 is 0.515 bits per heavy atom. The summed E-state index contributed by atoms with van der Waals surface area (Å²) in [6.45, 7) is 19.8. The van der Waals surface area contributed by atoms with E-state index in [4.69, 9.17) is 9.97 Å². The quantitative estimate of drug-likeness (QED) is 0.162. The summed E-state index contributed by atoms with van der Waals surface area (Å²) in [7, 11) is 0. The van der Waals surface area contributed by atoms with E-state index in [2.05, 4.69) is 176 Å². The smallest absolute Gasteiger partial charge is 0.148 e. The van der Waals surface area contributed by atoms with E-state index < -0.39 is 0 Å². The van der Waals surface area contributed by atoms with Crippen LogP contribution < -0.4 is 0 Å². The van der Waals surface area contributed by atoms with Gasteiger partial charge in [0, 0.05) is 44.1 Å². The molecular formula is C60H55FN3OPt-. The number of fused-ring (bicyclic) bond motifs is 1. The second-order valence-corrected chi connectivity index (χ2v) is 20.2. The molecule has 0 radical (unpaired) electrons. The van der Waals surface area contributed by atoms with Crippen LogP contribution in [0.3, 0.4) is 0 Å². The molecule has 0 aliphatic carbocycles.